The summed E-state index contributed by atoms with van der Waals surface area (Å²) in [5.74, 6) is 0.968. The molecular weight excluding hydrogens is 274 g/mol. The second-order valence-corrected chi connectivity index (χ2v) is 6.30. The van der Waals surface area contributed by atoms with Crippen LogP contribution in [0.25, 0.3) is 0 Å². The number of rotatable bonds is 4. The Bertz CT molecular complexity index is 373. The quantitative estimate of drug-likeness (QED) is 0.819. The summed E-state index contributed by atoms with van der Waals surface area (Å²) < 4.78 is 1.23. The SMILES string of the molecule is Cc1cc(NC(C)CC2CCC2)cc(C)c1Br. The third-order valence-electron chi connectivity index (χ3n) is 3.76. The predicted octanol–water partition coefficient (Wildman–Crippen LogP) is 5.06. The van der Waals surface area contributed by atoms with Crippen LogP contribution in [0.15, 0.2) is 16.6 Å². The van der Waals surface area contributed by atoms with Gasteiger partial charge in [-0.1, -0.05) is 35.2 Å². The van der Waals surface area contributed by atoms with E-state index in [9.17, 15) is 0 Å². The van der Waals surface area contributed by atoms with E-state index < -0.39 is 0 Å². The van der Waals surface area contributed by atoms with Gasteiger partial charge in [-0.3, -0.25) is 0 Å². The first-order valence-corrected chi connectivity index (χ1v) is 7.39. The standard InChI is InChI=1S/C15H22BrN/c1-10-7-14(8-11(2)15(10)16)17-12(3)9-13-5-4-6-13/h7-8,12-13,17H,4-6,9H2,1-3H3. The molecule has 0 radical (unpaired) electrons. The minimum absolute atomic E-state index is 0.584. The van der Waals surface area contributed by atoms with Crippen molar-refractivity contribution in [2.24, 2.45) is 5.92 Å². The Hall–Kier alpha value is -0.500. The van der Waals surface area contributed by atoms with E-state index in [0.29, 0.717) is 6.04 Å². The first-order valence-electron chi connectivity index (χ1n) is 6.59. The van der Waals surface area contributed by atoms with Crippen molar-refractivity contribution in [3.63, 3.8) is 0 Å². The maximum atomic E-state index is 3.63. The van der Waals surface area contributed by atoms with Crippen molar-refractivity contribution in [1.82, 2.24) is 0 Å². The summed E-state index contributed by atoms with van der Waals surface area (Å²) in [4.78, 5) is 0. The maximum absolute atomic E-state index is 3.63. The molecular formula is C15H22BrN. The van der Waals surface area contributed by atoms with Crippen molar-refractivity contribution >= 4 is 21.6 Å². The van der Waals surface area contributed by atoms with E-state index in [-0.39, 0.29) is 0 Å². The van der Waals surface area contributed by atoms with Gasteiger partial charge in [0.1, 0.15) is 0 Å². The van der Waals surface area contributed by atoms with Crippen LogP contribution in [0.5, 0.6) is 0 Å². The second-order valence-electron chi connectivity index (χ2n) is 5.50. The number of nitrogens with one attached hydrogen (secondary N) is 1. The van der Waals surface area contributed by atoms with Crippen LogP contribution in [0.2, 0.25) is 0 Å². The lowest BCUT2D eigenvalue weighted by Gasteiger charge is -2.29. The summed E-state index contributed by atoms with van der Waals surface area (Å²) in [7, 11) is 0. The number of hydrogen-bond donors (Lipinski definition) is 1. The van der Waals surface area contributed by atoms with Crippen molar-refractivity contribution < 1.29 is 0 Å². The Morgan fingerprint density at radius 1 is 1.29 bits per heavy atom. The van der Waals surface area contributed by atoms with Crippen LogP contribution in [0.3, 0.4) is 0 Å². The lowest BCUT2D eigenvalue weighted by molar-refractivity contribution is 0.286. The highest BCUT2D eigenvalue weighted by Gasteiger charge is 2.19. The largest absolute Gasteiger partial charge is 0.383 e. The van der Waals surface area contributed by atoms with Crippen molar-refractivity contribution in [2.45, 2.75) is 52.5 Å². The molecule has 1 atom stereocenters. The van der Waals surface area contributed by atoms with Crippen LogP contribution in [0.1, 0.15) is 43.7 Å². The van der Waals surface area contributed by atoms with Crippen LogP contribution in [-0.4, -0.2) is 6.04 Å². The molecule has 1 N–H and O–H groups in total. The first-order chi connectivity index (χ1) is 8.06. The van der Waals surface area contributed by atoms with Gasteiger partial charge in [0.15, 0.2) is 0 Å². The summed E-state index contributed by atoms with van der Waals surface area (Å²) in [6, 6.07) is 5.04. The first kappa shape index (κ1) is 12.9. The molecule has 0 spiro atoms. The fourth-order valence-corrected chi connectivity index (χ4v) is 2.83. The normalized spacial score (nSPS) is 17.6. The molecule has 17 heavy (non-hydrogen) atoms. The van der Waals surface area contributed by atoms with Crippen LogP contribution in [0.4, 0.5) is 5.69 Å². The lowest BCUT2D eigenvalue weighted by atomic mass is 9.81. The van der Waals surface area contributed by atoms with Gasteiger partial charge in [0.25, 0.3) is 0 Å². The van der Waals surface area contributed by atoms with Gasteiger partial charge in [0, 0.05) is 16.2 Å². The van der Waals surface area contributed by atoms with Gasteiger partial charge < -0.3 is 5.32 Å². The molecule has 2 heteroatoms. The molecule has 1 aliphatic carbocycles. The van der Waals surface area contributed by atoms with E-state index in [0.717, 1.165) is 5.92 Å². The van der Waals surface area contributed by atoms with Gasteiger partial charge >= 0.3 is 0 Å². The van der Waals surface area contributed by atoms with E-state index in [1.54, 1.807) is 0 Å². The zero-order valence-corrected chi connectivity index (χ0v) is 12.6. The van der Waals surface area contributed by atoms with Gasteiger partial charge in [-0.15, -0.1) is 0 Å². The molecule has 1 aliphatic rings. The number of hydrogen-bond acceptors (Lipinski definition) is 1. The maximum Gasteiger partial charge on any atom is 0.0348 e. The Morgan fingerprint density at radius 3 is 2.35 bits per heavy atom. The average molecular weight is 296 g/mol. The lowest BCUT2D eigenvalue weighted by Crippen LogP contribution is -2.23. The molecule has 1 fully saturated rings. The third kappa shape index (κ3) is 3.25. The molecule has 0 aromatic heterocycles. The predicted molar refractivity (Wildman–Crippen MR) is 78.7 cm³/mol. The molecule has 1 aromatic rings. The number of halogens is 1. The molecule has 0 heterocycles. The average Bonchev–Trinajstić information content (AvgIpc) is 2.20. The molecule has 1 aromatic carbocycles. The summed E-state index contributed by atoms with van der Waals surface area (Å²) in [6.45, 7) is 6.60. The van der Waals surface area contributed by atoms with E-state index in [1.165, 1.54) is 47.0 Å². The van der Waals surface area contributed by atoms with Crippen molar-refractivity contribution in [3.05, 3.63) is 27.7 Å². The summed E-state index contributed by atoms with van der Waals surface area (Å²) >= 11 is 3.61. The highest BCUT2D eigenvalue weighted by molar-refractivity contribution is 9.10. The highest BCUT2D eigenvalue weighted by Crippen LogP contribution is 2.31. The van der Waals surface area contributed by atoms with Crippen molar-refractivity contribution in [3.8, 4) is 0 Å². The zero-order chi connectivity index (χ0) is 12.4. The van der Waals surface area contributed by atoms with Crippen LogP contribution >= 0.6 is 15.9 Å². The second kappa shape index (κ2) is 5.43. The highest BCUT2D eigenvalue weighted by atomic mass is 79.9. The fraction of sp³-hybridized carbons (Fsp3) is 0.600. The summed E-state index contributed by atoms with van der Waals surface area (Å²) in [6.07, 6.45) is 5.62. The zero-order valence-electron chi connectivity index (χ0n) is 11.0. The Morgan fingerprint density at radius 2 is 1.88 bits per heavy atom. The minimum Gasteiger partial charge on any atom is -0.383 e. The monoisotopic (exact) mass is 295 g/mol. The molecule has 0 aliphatic heterocycles. The number of anilines is 1. The molecule has 0 saturated heterocycles. The molecule has 0 bridgehead atoms. The van der Waals surface area contributed by atoms with E-state index >= 15 is 0 Å². The van der Waals surface area contributed by atoms with Crippen molar-refractivity contribution in [1.29, 1.82) is 0 Å². The smallest absolute Gasteiger partial charge is 0.0348 e. The van der Waals surface area contributed by atoms with Crippen LogP contribution in [-0.2, 0) is 0 Å². The van der Waals surface area contributed by atoms with Crippen LogP contribution < -0.4 is 5.32 Å². The third-order valence-corrected chi connectivity index (χ3v) is 5.01. The van der Waals surface area contributed by atoms with E-state index in [4.69, 9.17) is 0 Å². The Balaban J connectivity index is 1.97. The van der Waals surface area contributed by atoms with E-state index in [2.05, 4.69) is 54.2 Å². The topological polar surface area (TPSA) is 12.0 Å². The van der Waals surface area contributed by atoms with Gasteiger partial charge in [-0.2, -0.15) is 0 Å². The Kier molecular flexibility index (Phi) is 4.13. The fourth-order valence-electron chi connectivity index (χ4n) is 2.60. The summed E-state index contributed by atoms with van der Waals surface area (Å²) in [5, 5.41) is 3.63. The molecule has 1 saturated carbocycles. The summed E-state index contributed by atoms with van der Waals surface area (Å²) in [5.41, 5.74) is 3.88. The molecule has 1 nitrogen and oxygen atoms in total. The van der Waals surface area contributed by atoms with Gasteiger partial charge in [-0.05, 0) is 56.4 Å². The molecule has 0 amide bonds. The number of aryl methyl sites for hydroxylation is 2. The van der Waals surface area contributed by atoms with Gasteiger partial charge in [0.05, 0.1) is 0 Å². The molecule has 94 valence electrons. The van der Waals surface area contributed by atoms with Gasteiger partial charge in [-0.25, -0.2) is 0 Å². The van der Waals surface area contributed by atoms with E-state index in [1.807, 2.05) is 0 Å². The molecule has 1 unspecified atom stereocenters. The van der Waals surface area contributed by atoms with Crippen molar-refractivity contribution in [2.75, 3.05) is 5.32 Å². The molecule has 2 rings (SSSR count). The van der Waals surface area contributed by atoms with Crippen LogP contribution in [0, 0.1) is 19.8 Å². The van der Waals surface area contributed by atoms with Gasteiger partial charge in [0.2, 0.25) is 0 Å². The Labute approximate surface area is 113 Å². The minimum atomic E-state index is 0.584. The number of benzene rings is 1.